The molecule has 6 nitrogen and oxygen atoms in total. The lowest BCUT2D eigenvalue weighted by atomic mass is 10.4. The molecule has 18 heavy (non-hydrogen) atoms. The van der Waals surface area contributed by atoms with E-state index in [9.17, 15) is 9.59 Å². The van der Waals surface area contributed by atoms with Crippen molar-refractivity contribution in [3.05, 3.63) is 22.7 Å². The average Bonchev–Trinajstić information content (AvgIpc) is 3.19. The van der Waals surface area contributed by atoms with E-state index in [0.717, 1.165) is 19.3 Å². The molecule has 0 aliphatic heterocycles. The SMILES string of the molecule is CCCNC(=O)CNc1nccn(C2CC2)c1=O. The lowest BCUT2D eigenvalue weighted by Gasteiger charge is -2.08. The van der Waals surface area contributed by atoms with Crippen molar-refractivity contribution in [1.29, 1.82) is 0 Å². The van der Waals surface area contributed by atoms with E-state index in [1.807, 2.05) is 6.92 Å². The van der Waals surface area contributed by atoms with Crippen LogP contribution in [0, 0.1) is 0 Å². The van der Waals surface area contributed by atoms with Gasteiger partial charge in [-0.05, 0) is 19.3 Å². The molecule has 0 atom stereocenters. The van der Waals surface area contributed by atoms with Gasteiger partial charge in [0.05, 0.1) is 6.54 Å². The second kappa shape index (κ2) is 5.66. The number of nitrogens with zero attached hydrogens (tertiary/aromatic N) is 2. The van der Waals surface area contributed by atoms with Gasteiger partial charge in [0.2, 0.25) is 5.91 Å². The Morgan fingerprint density at radius 3 is 3.00 bits per heavy atom. The maximum absolute atomic E-state index is 12.0. The Labute approximate surface area is 105 Å². The highest BCUT2D eigenvalue weighted by Gasteiger charge is 2.25. The van der Waals surface area contributed by atoms with Crippen LogP contribution in [0.1, 0.15) is 32.2 Å². The topological polar surface area (TPSA) is 76.0 Å². The van der Waals surface area contributed by atoms with Crippen LogP contribution in [0.3, 0.4) is 0 Å². The van der Waals surface area contributed by atoms with Crippen LogP contribution in [-0.2, 0) is 4.79 Å². The molecule has 1 fully saturated rings. The normalized spacial score (nSPS) is 14.3. The Hall–Kier alpha value is -1.85. The Kier molecular flexibility index (Phi) is 3.96. The van der Waals surface area contributed by atoms with Gasteiger partial charge >= 0.3 is 0 Å². The van der Waals surface area contributed by atoms with Gasteiger partial charge in [0.15, 0.2) is 5.82 Å². The van der Waals surface area contributed by atoms with Gasteiger partial charge in [-0.3, -0.25) is 9.59 Å². The molecule has 1 saturated carbocycles. The second-order valence-electron chi connectivity index (χ2n) is 4.42. The third kappa shape index (κ3) is 3.09. The number of carbonyl (C=O) groups excluding carboxylic acids is 1. The highest BCUT2D eigenvalue weighted by atomic mass is 16.2. The summed E-state index contributed by atoms with van der Waals surface area (Å²) >= 11 is 0. The van der Waals surface area contributed by atoms with Crippen molar-refractivity contribution in [2.75, 3.05) is 18.4 Å². The minimum atomic E-state index is -0.150. The summed E-state index contributed by atoms with van der Waals surface area (Å²) in [6, 6.07) is 0.315. The molecular weight excluding hydrogens is 232 g/mol. The van der Waals surface area contributed by atoms with E-state index < -0.39 is 0 Å². The van der Waals surface area contributed by atoms with Crippen LogP contribution in [0.4, 0.5) is 5.82 Å². The number of rotatable bonds is 6. The maximum atomic E-state index is 12.0. The number of aromatic nitrogens is 2. The number of hydrogen-bond donors (Lipinski definition) is 2. The number of hydrogen-bond acceptors (Lipinski definition) is 4. The van der Waals surface area contributed by atoms with Crippen molar-refractivity contribution < 1.29 is 4.79 Å². The van der Waals surface area contributed by atoms with E-state index in [0.29, 0.717) is 12.6 Å². The third-order valence-electron chi connectivity index (χ3n) is 2.80. The van der Waals surface area contributed by atoms with Gasteiger partial charge in [0.25, 0.3) is 5.56 Å². The first kappa shape index (κ1) is 12.6. The molecule has 1 amide bonds. The van der Waals surface area contributed by atoms with E-state index in [1.54, 1.807) is 17.0 Å². The number of anilines is 1. The van der Waals surface area contributed by atoms with E-state index in [1.165, 1.54) is 0 Å². The van der Waals surface area contributed by atoms with Gasteiger partial charge in [-0.2, -0.15) is 0 Å². The van der Waals surface area contributed by atoms with Crippen molar-refractivity contribution in [2.45, 2.75) is 32.2 Å². The molecule has 2 N–H and O–H groups in total. The molecule has 6 heteroatoms. The molecule has 0 aromatic carbocycles. The van der Waals surface area contributed by atoms with Crippen LogP contribution in [-0.4, -0.2) is 28.5 Å². The fourth-order valence-electron chi connectivity index (χ4n) is 1.68. The van der Waals surface area contributed by atoms with Crippen molar-refractivity contribution in [3.8, 4) is 0 Å². The zero-order valence-corrected chi connectivity index (χ0v) is 10.5. The Morgan fingerprint density at radius 1 is 1.56 bits per heavy atom. The fraction of sp³-hybridized carbons (Fsp3) is 0.583. The number of amides is 1. The van der Waals surface area contributed by atoms with Crippen LogP contribution in [0.2, 0.25) is 0 Å². The molecule has 0 unspecified atom stereocenters. The number of carbonyl (C=O) groups is 1. The average molecular weight is 250 g/mol. The van der Waals surface area contributed by atoms with E-state index in [-0.39, 0.29) is 23.8 Å². The zero-order valence-electron chi connectivity index (χ0n) is 10.5. The van der Waals surface area contributed by atoms with E-state index in [2.05, 4.69) is 15.6 Å². The largest absolute Gasteiger partial charge is 0.356 e. The van der Waals surface area contributed by atoms with Crippen molar-refractivity contribution >= 4 is 11.7 Å². The molecule has 2 rings (SSSR count). The predicted octanol–water partition coefficient (Wildman–Crippen LogP) is 0.516. The standard InChI is InChI=1S/C12H18N4O2/c1-2-5-13-10(17)8-15-11-12(18)16(7-6-14-11)9-3-4-9/h6-7,9H,2-5,8H2,1H3,(H,13,17)(H,14,15). The smallest absolute Gasteiger partial charge is 0.293 e. The zero-order chi connectivity index (χ0) is 13.0. The molecular formula is C12H18N4O2. The molecule has 1 aliphatic rings. The Balaban J connectivity index is 1.95. The van der Waals surface area contributed by atoms with Crippen LogP contribution in [0.25, 0.3) is 0 Å². The maximum Gasteiger partial charge on any atom is 0.293 e. The first-order valence-electron chi connectivity index (χ1n) is 6.30. The van der Waals surface area contributed by atoms with Crippen LogP contribution >= 0.6 is 0 Å². The quantitative estimate of drug-likeness (QED) is 0.771. The van der Waals surface area contributed by atoms with Gasteiger partial charge < -0.3 is 15.2 Å². The fourth-order valence-corrected chi connectivity index (χ4v) is 1.68. The van der Waals surface area contributed by atoms with Crippen LogP contribution in [0.15, 0.2) is 17.2 Å². The molecule has 0 radical (unpaired) electrons. The van der Waals surface area contributed by atoms with Gasteiger partial charge in [-0.25, -0.2) is 4.98 Å². The molecule has 1 heterocycles. The van der Waals surface area contributed by atoms with Crippen molar-refractivity contribution in [1.82, 2.24) is 14.9 Å². The first-order valence-corrected chi connectivity index (χ1v) is 6.30. The van der Waals surface area contributed by atoms with E-state index in [4.69, 9.17) is 0 Å². The minimum absolute atomic E-state index is 0.0803. The van der Waals surface area contributed by atoms with Crippen LogP contribution in [0.5, 0.6) is 0 Å². The van der Waals surface area contributed by atoms with Crippen LogP contribution < -0.4 is 16.2 Å². The number of nitrogens with one attached hydrogen (secondary N) is 2. The molecule has 98 valence electrons. The highest BCUT2D eigenvalue weighted by Crippen LogP contribution is 2.33. The molecule has 0 spiro atoms. The molecule has 1 aromatic rings. The third-order valence-corrected chi connectivity index (χ3v) is 2.80. The molecule has 0 saturated heterocycles. The highest BCUT2D eigenvalue weighted by molar-refractivity contribution is 5.80. The van der Waals surface area contributed by atoms with Crippen molar-refractivity contribution in [2.24, 2.45) is 0 Å². The Bertz CT molecular complexity index is 479. The summed E-state index contributed by atoms with van der Waals surface area (Å²) in [7, 11) is 0. The van der Waals surface area contributed by atoms with Crippen molar-refractivity contribution in [3.63, 3.8) is 0 Å². The summed E-state index contributed by atoms with van der Waals surface area (Å²) in [6.07, 6.45) is 6.26. The van der Waals surface area contributed by atoms with Gasteiger partial charge in [0.1, 0.15) is 0 Å². The summed E-state index contributed by atoms with van der Waals surface area (Å²) in [5.41, 5.74) is -0.150. The van der Waals surface area contributed by atoms with Gasteiger partial charge in [0, 0.05) is 25.0 Å². The lowest BCUT2D eigenvalue weighted by molar-refractivity contribution is -0.119. The summed E-state index contributed by atoms with van der Waals surface area (Å²) in [5.74, 6) is 0.121. The molecule has 1 aromatic heterocycles. The van der Waals surface area contributed by atoms with Gasteiger partial charge in [-0.1, -0.05) is 6.92 Å². The summed E-state index contributed by atoms with van der Waals surface area (Å²) in [5, 5.41) is 5.52. The monoisotopic (exact) mass is 250 g/mol. The molecule has 0 bridgehead atoms. The van der Waals surface area contributed by atoms with E-state index >= 15 is 0 Å². The van der Waals surface area contributed by atoms with Gasteiger partial charge in [-0.15, -0.1) is 0 Å². The second-order valence-corrected chi connectivity index (χ2v) is 4.42. The minimum Gasteiger partial charge on any atom is -0.356 e. The Morgan fingerprint density at radius 2 is 2.33 bits per heavy atom. The summed E-state index contributed by atoms with van der Waals surface area (Å²) in [4.78, 5) is 27.4. The lowest BCUT2D eigenvalue weighted by Crippen LogP contribution is -2.33. The summed E-state index contributed by atoms with van der Waals surface area (Å²) < 4.78 is 1.68. The molecule has 1 aliphatic carbocycles. The predicted molar refractivity (Wildman–Crippen MR) is 68.6 cm³/mol. The summed E-state index contributed by atoms with van der Waals surface area (Å²) in [6.45, 7) is 2.71. The first-order chi connectivity index (χ1) is 8.72.